The number of thiazole rings is 1. The Morgan fingerprint density at radius 1 is 1.25 bits per heavy atom. The van der Waals surface area contributed by atoms with Gasteiger partial charge in [-0.15, -0.1) is 11.3 Å². The van der Waals surface area contributed by atoms with Gasteiger partial charge in [-0.1, -0.05) is 0 Å². The molecule has 1 rings (SSSR count). The first kappa shape index (κ1) is 13.6. The van der Waals surface area contributed by atoms with Gasteiger partial charge in [0.1, 0.15) is 0 Å². The summed E-state index contributed by atoms with van der Waals surface area (Å²) in [6, 6.07) is 0. The molecule has 0 aliphatic carbocycles. The highest BCUT2D eigenvalue weighted by atomic mass is 32.1. The molecule has 0 saturated heterocycles. The Morgan fingerprint density at radius 2 is 2.00 bits per heavy atom. The van der Waals surface area contributed by atoms with Crippen molar-refractivity contribution in [1.82, 2.24) is 20.1 Å². The molecule has 0 spiro atoms. The number of hydrogen-bond donors (Lipinski definition) is 1. The lowest BCUT2D eigenvalue weighted by atomic mass is 10.4. The monoisotopic (exact) mass is 242 g/mol. The lowest BCUT2D eigenvalue weighted by Gasteiger charge is -2.16. The van der Waals surface area contributed by atoms with Crippen LogP contribution in [0, 0.1) is 0 Å². The van der Waals surface area contributed by atoms with E-state index in [-0.39, 0.29) is 0 Å². The van der Waals surface area contributed by atoms with Gasteiger partial charge in [-0.05, 0) is 21.1 Å². The normalized spacial score (nSPS) is 11.6. The van der Waals surface area contributed by atoms with Crippen LogP contribution in [0.4, 0.5) is 0 Å². The largest absolute Gasteiger partial charge is 0.314 e. The Labute approximate surface area is 102 Å². The van der Waals surface area contributed by atoms with E-state index in [1.165, 1.54) is 5.69 Å². The molecule has 1 heterocycles. The molecule has 4 nitrogen and oxygen atoms in total. The topological polar surface area (TPSA) is 31.4 Å². The third kappa shape index (κ3) is 6.17. The molecule has 1 N–H and O–H groups in total. The molecule has 0 unspecified atom stereocenters. The summed E-state index contributed by atoms with van der Waals surface area (Å²) in [5.41, 5.74) is 3.05. The van der Waals surface area contributed by atoms with Crippen molar-refractivity contribution >= 4 is 11.3 Å². The summed E-state index contributed by atoms with van der Waals surface area (Å²) in [4.78, 5) is 8.75. The van der Waals surface area contributed by atoms with Gasteiger partial charge in [0, 0.05) is 38.1 Å². The molecule has 0 fully saturated rings. The van der Waals surface area contributed by atoms with Gasteiger partial charge in [0.2, 0.25) is 0 Å². The van der Waals surface area contributed by atoms with E-state index in [9.17, 15) is 0 Å². The smallest absolute Gasteiger partial charge is 0.0795 e. The highest BCUT2D eigenvalue weighted by molar-refractivity contribution is 7.07. The molecule has 5 heteroatoms. The maximum Gasteiger partial charge on any atom is 0.0795 e. The Balaban J connectivity index is 2.00. The highest BCUT2D eigenvalue weighted by Crippen LogP contribution is 2.03. The second kappa shape index (κ2) is 7.73. The minimum Gasteiger partial charge on any atom is -0.314 e. The molecule has 0 aromatic carbocycles. The Hall–Kier alpha value is -0.490. The van der Waals surface area contributed by atoms with Crippen molar-refractivity contribution in [2.24, 2.45) is 0 Å². The zero-order valence-corrected chi connectivity index (χ0v) is 11.3. The molecular formula is C11H22N4S. The fraction of sp³-hybridized carbons (Fsp3) is 0.727. The van der Waals surface area contributed by atoms with Crippen molar-refractivity contribution in [3.05, 3.63) is 16.6 Å². The molecule has 0 amide bonds. The van der Waals surface area contributed by atoms with Crippen molar-refractivity contribution in [2.75, 3.05) is 47.3 Å². The number of rotatable bonds is 8. The summed E-state index contributed by atoms with van der Waals surface area (Å²) >= 11 is 1.66. The quantitative estimate of drug-likeness (QED) is 0.681. The zero-order chi connectivity index (χ0) is 11.8. The summed E-state index contributed by atoms with van der Waals surface area (Å²) < 4.78 is 0. The van der Waals surface area contributed by atoms with Crippen molar-refractivity contribution in [3.8, 4) is 0 Å². The Bertz CT molecular complexity index is 261. The van der Waals surface area contributed by atoms with Crippen LogP contribution in [0.2, 0.25) is 0 Å². The maximum atomic E-state index is 4.27. The van der Waals surface area contributed by atoms with E-state index in [0.717, 1.165) is 32.7 Å². The molecule has 92 valence electrons. The molecule has 0 radical (unpaired) electrons. The molecule has 0 aliphatic heterocycles. The van der Waals surface area contributed by atoms with Gasteiger partial charge in [-0.2, -0.15) is 0 Å². The summed E-state index contributed by atoms with van der Waals surface area (Å²) in [6.07, 6.45) is 0. The number of likely N-dealkylation sites (N-methyl/N-ethyl adjacent to an activating group) is 2. The van der Waals surface area contributed by atoms with Gasteiger partial charge in [0.15, 0.2) is 0 Å². The van der Waals surface area contributed by atoms with E-state index >= 15 is 0 Å². The van der Waals surface area contributed by atoms with E-state index in [0.29, 0.717) is 0 Å². The molecule has 0 aliphatic rings. The summed E-state index contributed by atoms with van der Waals surface area (Å²) in [5.74, 6) is 0. The van der Waals surface area contributed by atoms with E-state index in [1.54, 1.807) is 11.3 Å². The minimum absolute atomic E-state index is 0.943. The highest BCUT2D eigenvalue weighted by Gasteiger charge is 2.01. The van der Waals surface area contributed by atoms with Crippen LogP contribution in [0.5, 0.6) is 0 Å². The van der Waals surface area contributed by atoms with Gasteiger partial charge in [0.05, 0.1) is 11.2 Å². The van der Waals surface area contributed by atoms with Crippen LogP contribution in [-0.4, -0.2) is 62.1 Å². The second-order valence-corrected chi connectivity index (χ2v) is 4.99. The standard InChI is InChI=1S/C11H22N4S/c1-14(2)6-4-12-5-7-15(3)8-11-9-16-10-13-11/h9-10,12H,4-8H2,1-3H3. The zero-order valence-electron chi connectivity index (χ0n) is 10.4. The van der Waals surface area contributed by atoms with Crippen LogP contribution < -0.4 is 5.32 Å². The van der Waals surface area contributed by atoms with Crippen LogP contribution in [0.1, 0.15) is 5.69 Å². The fourth-order valence-electron chi connectivity index (χ4n) is 1.37. The lowest BCUT2D eigenvalue weighted by molar-refractivity contribution is 0.316. The SMILES string of the molecule is CN(C)CCNCCN(C)Cc1cscn1. The molecule has 0 bridgehead atoms. The van der Waals surface area contributed by atoms with Crippen molar-refractivity contribution in [2.45, 2.75) is 6.54 Å². The minimum atomic E-state index is 0.943. The van der Waals surface area contributed by atoms with Crippen molar-refractivity contribution in [1.29, 1.82) is 0 Å². The lowest BCUT2D eigenvalue weighted by Crippen LogP contribution is -2.33. The van der Waals surface area contributed by atoms with Gasteiger partial charge in [-0.25, -0.2) is 4.98 Å². The van der Waals surface area contributed by atoms with Crippen LogP contribution in [0.3, 0.4) is 0 Å². The molecule has 1 aromatic heterocycles. The molecule has 1 aromatic rings. The Kier molecular flexibility index (Phi) is 6.56. The molecule has 0 atom stereocenters. The predicted molar refractivity (Wildman–Crippen MR) is 69.9 cm³/mol. The average Bonchev–Trinajstić information content (AvgIpc) is 2.69. The molecule has 16 heavy (non-hydrogen) atoms. The molecule has 0 saturated carbocycles. The first-order valence-electron chi connectivity index (χ1n) is 5.59. The molecular weight excluding hydrogens is 220 g/mol. The average molecular weight is 242 g/mol. The van der Waals surface area contributed by atoms with Crippen LogP contribution in [0.15, 0.2) is 10.9 Å². The number of hydrogen-bond acceptors (Lipinski definition) is 5. The van der Waals surface area contributed by atoms with E-state index < -0.39 is 0 Å². The summed E-state index contributed by atoms with van der Waals surface area (Å²) in [6.45, 7) is 5.19. The fourth-order valence-corrected chi connectivity index (χ4v) is 1.92. The van der Waals surface area contributed by atoms with Crippen LogP contribution in [-0.2, 0) is 6.54 Å². The van der Waals surface area contributed by atoms with Gasteiger partial charge < -0.3 is 10.2 Å². The number of aromatic nitrogens is 1. The van der Waals surface area contributed by atoms with Crippen molar-refractivity contribution < 1.29 is 0 Å². The van der Waals surface area contributed by atoms with E-state index in [1.807, 2.05) is 5.51 Å². The van der Waals surface area contributed by atoms with Gasteiger partial charge >= 0.3 is 0 Å². The van der Waals surface area contributed by atoms with E-state index in [2.05, 4.69) is 46.6 Å². The van der Waals surface area contributed by atoms with Gasteiger partial charge in [0.25, 0.3) is 0 Å². The second-order valence-electron chi connectivity index (χ2n) is 4.27. The third-order valence-corrected chi connectivity index (χ3v) is 2.96. The van der Waals surface area contributed by atoms with E-state index in [4.69, 9.17) is 0 Å². The van der Waals surface area contributed by atoms with Crippen LogP contribution >= 0.6 is 11.3 Å². The third-order valence-electron chi connectivity index (χ3n) is 2.32. The van der Waals surface area contributed by atoms with Crippen molar-refractivity contribution in [3.63, 3.8) is 0 Å². The summed E-state index contributed by atoms with van der Waals surface area (Å²) in [5, 5.41) is 5.53. The summed E-state index contributed by atoms with van der Waals surface area (Å²) in [7, 11) is 6.32. The number of nitrogens with zero attached hydrogens (tertiary/aromatic N) is 3. The first-order valence-corrected chi connectivity index (χ1v) is 6.54. The predicted octanol–water partition coefficient (Wildman–Crippen LogP) is 0.726. The first-order chi connectivity index (χ1) is 7.68. The van der Waals surface area contributed by atoms with Crippen LogP contribution in [0.25, 0.3) is 0 Å². The van der Waals surface area contributed by atoms with Gasteiger partial charge in [-0.3, -0.25) is 4.90 Å². The maximum absolute atomic E-state index is 4.27. The Morgan fingerprint density at radius 3 is 2.62 bits per heavy atom. The number of nitrogens with one attached hydrogen (secondary N) is 1.